The van der Waals surface area contributed by atoms with Gasteiger partial charge in [0.05, 0.1) is 5.69 Å². The van der Waals surface area contributed by atoms with Gasteiger partial charge in [0.25, 0.3) is 5.91 Å². The third kappa shape index (κ3) is 3.11. The number of hydrogen-bond donors (Lipinski definition) is 2. The molecule has 2 unspecified atom stereocenters. The molecule has 1 heterocycles. The van der Waals surface area contributed by atoms with Crippen LogP contribution in [0.4, 0.5) is 5.69 Å². The van der Waals surface area contributed by atoms with Gasteiger partial charge in [-0.2, -0.15) is 0 Å². The minimum absolute atomic E-state index is 0.270. The van der Waals surface area contributed by atoms with Crippen molar-refractivity contribution >= 4 is 29.1 Å². The summed E-state index contributed by atoms with van der Waals surface area (Å²) in [6, 6.07) is 4.32. The van der Waals surface area contributed by atoms with E-state index < -0.39 is 12.1 Å². The Morgan fingerprint density at radius 1 is 1.57 bits per heavy atom. The Balaban J connectivity index is 2.35. The lowest BCUT2D eigenvalue weighted by molar-refractivity contribution is -0.130. The first-order chi connectivity index (χ1) is 9.95. The molecular formula is C14H18ClN3O3. The summed E-state index contributed by atoms with van der Waals surface area (Å²) in [6.45, 7) is 4.01. The summed E-state index contributed by atoms with van der Waals surface area (Å²) in [7, 11) is 0. The third-order valence-corrected chi connectivity index (χ3v) is 3.51. The molecule has 0 aliphatic carbocycles. The van der Waals surface area contributed by atoms with Gasteiger partial charge in [0, 0.05) is 18.1 Å². The number of anilines is 1. The van der Waals surface area contributed by atoms with E-state index in [1.807, 2.05) is 0 Å². The van der Waals surface area contributed by atoms with Crippen LogP contribution in [0.1, 0.15) is 13.8 Å². The van der Waals surface area contributed by atoms with Crippen molar-refractivity contribution < 1.29 is 14.3 Å². The normalized spacial score (nSPS) is 18.8. The molecule has 6 nitrogen and oxygen atoms in total. The predicted molar refractivity (Wildman–Crippen MR) is 80.6 cm³/mol. The predicted octanol–water partition coefficient (Wildman–Crippen LogP) is 0.917. The molecule has 7 heteroatoms. The lowest BCUT2D eigenvalue weighted by Gasteiger charge is -2.36. The number of hydrogen-bond acceptors (Lipinski definition) is 4. The number of nitrogens with two attached hydrogens (primary N) is 1. The molecule has 0 fully saturated rings. The molecule has 0 aromatic heterocycles. The van der Waals surface area contributed by atoms with Gasteiger partial charge in [-0.1, -0.05) is 11.6 Å². The van der Waals surface area contributed by atoms with Gasteiger partial charge >= 0.3 is 0 Å². The van der Waals surface area contributed by atoms with Crippen LogP contribution >= 0.6 is 11.6 Å². The maximum atomic E-state index is 12.4. The molecule has 0 spiro atoms. The summed E-state index contributed by atoms with van der Waals surface area (Å²) in [5, 5.41) is 3.15. The number of rotatable bonds is 4. The Kier molecular flexibility index (Phi) is 4.69. The second-order valence-electron chi connectivity index (χ2n) is 4.84. The number of fused-ring (bicyclic) bond motifs is 1. The highest BCUT2D eigenvalue weighted by Gasteiger charge is 2.37. The van der Waals surface area contributed by atoms with Crippen molar-refractivity contribution in [2.45, 2.75) is 26.0 Å². The van der Waals surface area contributed by atoms with E-state index in [1.165, 1.54) is 4.90 Å². The van der Waals surface area contributed by atoms with Gasteiger partial charge in [-0.3, -0.25) is 14.5 Å². The highest BCUT2D eigenvalue weighted by Crippen LogP contribution is 2.37. The van der Waals surface area contributed by atoms with Crippen molar-refractivity contribution in [1.82, 2.24) is 5.32 Å². The van der Waals surface area contributed by atoms with Crippen LogP contribution in [0.15, 0.2) is 18.2 Å². The standard InChI is InChI=1S/C14H18ClN3O3/c1-8(13(19)17-6-5-16)18-11-7-10(15)3-4-12(11)21-9(2)14(18)20/h3-4,7-9H,5-6,16H2,1-2H3,(H,17,19). The zero-order valence-corrected chi connectivity index (χ0v) is 12.7. The minimum Gasteiger partial charge on any atom is -0.479 e. The maximum absolute atomic E-state index is 12.4. The smallest absolute Gasteiger partial charge is 0.268 e. The molecule has 0 radical (unpaired) electrons. The first kappa shape index (κ1) is 15.6. The van der Waals surface area contributed by atoms with E-state index in [2.05, 4.69) is 5.32 Å². The fourth-order valence-corrected chi connectivity index (χ4v) is 2.36. The monoisotopic (exact) mass is 311 g/mol. The lowest BCUT2D eigenvalue weighted by atomic mass is 10.1. The van der Waals surface area contributed by atoms with Crippen molar-refractivity contribution in [1.29, 1.82) is 0 Å². The molecule has 1 aliphatic rings. The summed E-state index contributed by atoms with van der Waals surface area (Å²) < 4.78 is 5.54. The second kappa shape index (κ2) is 6.32. The Hall–Kier alpha value is -1.79. The molecule has 1 aromatic carbocycles. The fraction of sp³-hybridized carbons (Fsp3) is 0.429. The highest BCUT2D eigenvalue weighted by atomic mass is 35.5. The molecule has 2 atom stereocenters. The number of halogens is 1. The van der Waals surface area contributed by atoms with E-state index in [1.54, 1.807) is 32.0 Å². The topological polar surface area (TPSA) is 84.7 Å². The van der Waals surface area contributed by atoms with Crippen LogP contribution in [0, 0.1) is 0 Å². The van der Waals surface area contributed by atoms with Crippen LogP contribution in [0.2, 0.25) is 5.02 Å². The Bertz CT molecular complexity index is 564. The summed E-state index contributed by atoms with van der Waals surface area (Å²) in [4.78, 5) is 25.9. The summed E-state index contributed by atoms with van der Waals surface area (Å²) >= 11 is 5.98. The summed E-state index contributed by atoms with van der Waals surface area (Å²) in [6.07, 6.45) is -0.650. The van der Waals surface area contributed by atoms with Gasteiger partial charge in [0.1, 0.15) is 11.8 Å². The first-order valence-electron chi connectivity index (χ1n) is 6.72. The first-order valence-corrected chi connectivity index (χ1v) is 7.10. The van der Waals surface area contributed by atoms with Crippen molar-refractivity contribution in [3.05, 3.63) is 23.2 Å². The van der Waals surface area contributed by atoms with E-state index >= 15 is 0 Å². The molecule has 0 saturated carbocycles. The van der Waals surface area contributed by atoms with Crippen molar-refractivity contribution in [3.8, 4) is 5.75 Å². The van der Waals surface area contributed by atoms with Gasteiger partial charge in [0.15, 0.2) is 6.10 Å². The molecule has 0 saturated heterocycles. The maximum Gasteiger partial charge on any atom is 0.268 e. The van der Waals surface area contributed by atoms with E-state index in [4.69, 9.17) is 22.1 Å². The quantitative estimate of drug-likeness (QED) is 0.866. The molecule has 21 heavy (non-hydrogen) atoms. The average molecular weight is 312 g/mol. The van der Waals surface area contributed by atoms with E-state index in [9.17, 15) is 9.59 Å². The highest BCUT2D eigenvalue weighted by molar-refractivity contribution is 6.31. The van der Waals surface area contributed by atoms with Gasteiger partial charge in [-0.15, -0.1) is 0 Å². The Morgan fingerprint density at radius 2 is 2.29 bits per heavy atom. The zero-order chi connectivity index (χ0) is 15.6. The van der Waals surface area contributed by atoms with Crippen LogP contribution in [-0.2, 0) is 9.59 Å². The zero-order valence-electron chi connectivity index (χ0n) is 11.9. The van der Waals surface area contributed by atoms with Gasteiger partial charge < -0.3 is 15.8 Å². The molecule has 0 bridgehead atoms. The van der Waals surface area contributed by atoms with E-state index in [-0.39, 0.29) is 11.8 Å². The second-order valence-corrected chi connectivity index (χ2v) is 5.27. The third-order valence-electron chi connectivity index (χ3n) is 3.28. The van der Waals surface area contributed by atoms with Gasteiger partial charge in [-0.05, 0) is 32.0 Å². The minimum atomic E-state index is -0.674. The summed E-state index contributed by atoms with van der Waals surface area (Å²) in [5.74, 6) is -0.0148. The van der Waals surface area contributed by atoms with Gasteiger partial charge in [-0.25, -0.2) is 0 Å². The molecule has 1 aromatic rings. The number of nitrogens with zero attached hydrogens (tertiary/aromatic N) is 1. The van der Waals surface area contributed by atoms with Crippen LogP contribution in [-0.4, -0.2) is 37.0 Å². The number of carbonyl (C=O) groups is 2. The summed E-state index contributed by atoms with van der Waals surface area (Å²) in [5.41, 5.74) is 5.87. The fourth-order valence-electron chi connectivity index (χ4n) is 2.19. The molecular weight excluding hydrogens is 294 g/mol. The molecule has 1 aliphatic heterocycles. The van der Waals surface area contributed by atoms with Crippen LogP contribution in [0.25, 0.3) is 0 Å². The number of benzene rings is 1. The van der Waals surface area contributed by atoms with Crippen molar-refractivity contribution in [2.24, 2.45) is 5.73 Å². The molecule has 3 N–H and O–H groups in total. The van der Waals surface area contributed by atoms with Crippen LogP contribution < -0.4 is 20.7 Å². The average Bonchev–Trinajstić information content (AvgIpc) is 2.46. The SMILES string of the molecule is CC1Oc2ccc(Cl)cc2N(C(C)C(=O)NCCN)C1=O. The largest absolute Gasteiger partial charge is 0.479 e. The van der Waals surface area contributed by atoms with Crippen LogP contribution in [0.3, 0.4) is 0 Å². The number of carbonyl (C=O) groups excluding carboxylic acids is 2. The Morgan fingerprint density at radius 3 is 2.95 bits per heavy atom. The van der Waals surface area contributed by atoms with Gasteiger partial charge in [0.2, 0.25) is 5.91 Å². The van der Waals surface area contributed by atoms with E-state index in [0.29, 0.717) is 29.5 Å². The van der Waals surface area contributed by atoms with Crippen molar-refractivity contribution in [3.63, 3.8) is 0 Å². The van der Waals surface area contributed by atoms with E-state index in [0.717, 1.165) is 0 Å². The molecule has 114 valence electrons. The number of ether oxygens (including phenoxy) is 1. The number of nitrogens with one attached hydrogen (secondary N) is 1. The number of amides is 2. The molecule has 2 amide bonds. The van der Waals surface area contributed by atoms with Crippen LogP contribution in [0.5, 0.6) is 5.75 Å². The molecule has 2 rings (SSSR count). The Labute approximate surface area is 128 Å². The van der Waals surface area contributed by atoms with Crippen molar-refractivity contribution in [2.75, 3.05) is 18.0 Å². The lowest BCUT2D eigenvalue weighted by Crippen LogP contribution is -2.54.